The highest BCUT2D eigenvalue weighted by atomic mass is 32.1. The number of nitrogens with zero attached hydrogens (tertiary/aromatic N) is 2. The summed E-state index contributed by atoms with van der Waals surface area (Å²) in [5.41, 5.74) is 4.94. The van der Waals surface area contributed by atoms with Gasteiger partial charge in [0.1, 0.15) is 11.5 Å². The summed E-state index contributed by atoms with van der Waals surface area (Å²) in [5, 5.41) is 1.50. The van der Waals surface area contributed by atoms with Crippen molar-refractivity contribution in [3.05, 3.63) is 107 Å². The number of aromatic nitrogens is 2. The maximum atomic E-state index is 5.62. The Kier molecular flexibility index (Phi) is 6.35. The zero-order valence-corrected chi connectivity index (χ0v) is 20.6. The van der Waals surface area contributed by atoms with Crippen molar-refractivity contribution in [3.8, 4) is 11.5 Å². The van der Waals surface area contributed by atoms with Crippen molar-refractivity contribution in [1.29, 1.82) is 0 Å². The zero-order chi connectivity index (χ0) is 23.7. The number of methoxy groups -OCH3 is 2. The second-order valence-electron chi connectivity index (χ2n) is 7.97. The number of ether oxygens (including phenoxy) is 2. The predicted molar refractivity (Wildman–Crippen MR) is 145 cm³/mol. The summed E-state index contributed by atoms with van der Waals surface area (Å²) >= 11 is 10.0. The quantitative estimate of drug-likeness (QED) is 0.205. The molecule has 34 heavy (non-hydrogen) atoms. The van der Waals surface area contributed by atoms with Crippen LogP contribution in [0.1, 0.15) is 33.0 Å². The average molecular weight is 485 g/mol. The predicted octanol–water partition coefficient (Wildman–Crippen LogP) is 6.84. The molecule has 0 N–H and O–H groups in total. The average Bonchev–Trinajstić information content (AvgIpc) is 2.90. The van der Waals surface area contributed by atoms with Gasteiger partial charge in [-0.25, -0.2) is 9.97 Å². The van der Waals surface area contributed by atoms with E-state index in [0.29, 0.717) is 0 Å². The first-order chi connectivity index (χ1) is 16.6. The lowest BCUT2D eigenvalue weighted by Gasteiger charge is -2.22. The fraction of sp³-hybridized carbons (Fsp3) is 0.143. The molecule has 0 aliphatic heterocycles. The van der Waals surface area contributed by atoms with E-state index in [9.17, 15) is 0 Å². The summed E-state index contributed by atoms with van der Waals surface area (Å²) in [6.45, 7) is 0. The van der Waals surface area contributed by atoms with Gasteiger partial charge in [-0.15, -0.1) is 0 Å². The molecule has 4 aromatic carbocycles. The van der Waals surface area contributed by atoms with E-state index >= 15 is 0 Å². The third kappa shape index (κ3) is 4.08. The summed E-state index contributed by atoms with van der Waals surface area (Å²) in [5.74, 6) is 1.50. The minimum Gasteiger partial charge on any atom is -0.496 e. The van der Waals surface area contributed by atoms with Crippen LogP contribution in [-0.2, 0) is 0 Å². The Morgan fingerprint density at radius 3 is 1.38 bits per heavy atom. The van der Waals surface area contributed by atoms with Crippen LogP contribution in [0.4, 0.5) is 0 Å². The van der Waals surface area contributed by atoms with Gasteiger partial charge < -0.3 is 9.47 Å². The monoisotopic (exact) mass is 484 g/mol. The van der Waals surface area contributed by atoms with Crippen molar-refractivity contribution in [3.63, 3.8) is 0 Å². The molecular weight excluding hydrogens is 460 g/mol. The lowest BCUT2D eigenvalue weighted by molar-refractivity contribution is 0.409. The molecule has 170 valence electrons. The summed E-state index contributed by atoms with van der Waals surface area (Å²) in [7, 11) is 3.32. The third-order valence-electron chi connectivity index (χ3n) is 5.97. The van der Waals surface area contributed by atoms with Gasteiger partial charge in [-0.1, -0.05) is 60.7 Å². The smallest absolute Gasteiger partial charge is 0.123 e. The molecule has 0 aliphatic carbocycles. The molecule has 0 saturated carbocycles. The Morgan fingerprint density at radius 1 is 0.588 bits per heavy atom. The lowest BCUT2D eigenvalue weighted by atomic mass is 10.0. The van der Waals surface area contributed by atoms with Crippen molar-refractivity contribution >= 4 is 47.1 Å². The van der Waals surface area contributed by atoms with Crippen LogP contribution in [0.3, 0.4) is 0 Å². The second-order valence-corrected chi connectivity index (χ2v) is 9.00. The molecule has 0 amide bonds. The van der Waals surface area contributed by atoms with Crippen molar-refractivity contribution in [2.45, 2.75) is 10.5 Å². The van der Waals surface area contributed by atoms with E-state index < -0.39 is 0 Å². The molecule has 2 atom stereocenters. The number of rotatable bonds is 6. The van der Waals surface area contributed by atoms with Crippen LogP contribution in [0.25, 0.3) is 21.8 Å². The highest BCUT2D eigenvalue weighted by Crippen LogP contribution is 2.42. The third-order valence-corrected chi connectivity index (χ3v) is 7.02. The number of hydrogen-bond acceptors (Lipinski definition) is 6. The number of para-hydroxylation sites is 2. The van der Waals surface area contributed by atoms with Gasteiger partial charge in [0, 0.05) is 11.1 Å². The van der Waals surface area contributed by atoms with Crippen molar-refractivity contribution in [1.82, 2.24) is 9.97 Å². The topological polar surface area (TPSA) is 44.2 Å². The Hall–Kier alpha value is -3.22. The van der Waals surface area contributed by atoms with E-state index in [1.807, 2.05) is 60.7 Å². The van der Waals surface area contributed by atoms with Crippen LogP contribution in [0.15, 0.2) is 84.9 Å². The molecule has 0 bridgehead atoms. The molecule has 0 spiro atoms. The standard InChI is InChI=1S/C28H24N2O2S2/c1-31-23-13-7-5-11-19(23)27(33)25-26(28(34)20-12-6-8-14-24(20)32-2)30-22-16-18-10-4-3-9-17(18)15-21(22)29-25/h3-16,27-28,33-34H,1-2H3. The maximum Gasteiger partial charge on any atom is 0.123 e. The maximum absolute atomic E-state index is 5.62. The molecule has 1 heterocycles. The molecule has 5 aromatic rings. The van der Waals surface area contributed by atoms with Crippen molar-refractivity contribution in [2.75, 3.05) is 14.2 Å². The largest absolute Gasteiger partial charge is 0.496 e. The van der Waals surface area contributed by atoms with Gasteiger partial charge in [-0.05, 0) is 35.0 Å². The Bertz CT molecular complexity index is 1380. The van der Waals surface area contributed by atoms with E-state index in [1.54, 1.807) is 14.2 Å². The highest BCUT2D eigenvalue weighted by Gasteiger charge is 2.26. The molecule has 6 heteroatoms. The fourth-order valence-corrected chi connectivity index (χ4v) is 5.06. The first-order valence-corrected chi connectivity index (χ1v) is 12.0. The molecule has 2 unspecified atom stereocenters. The number of benzene rings is 4. The van der Waals surface area contributed by atoms with Crippen LogP contribution >= 0.6 is 25.3 Å². The summed E-state index contributed by atoms with van der Waals surface area (Å²) in [6, 6.07) is 28.1. The number of fused-ring (bicyclic) bond motifs is 2. The molecule has 4 nitrogen and oxygen atoms in total. The zero-order valence-electron chi connectivity index (χ0n) is 18.8. The minimum absolute atomic E-state index is 0.362. The lowest BCUT2D eigenvalue weighted by Crippen LogP contribution is -2.10. The summed E-state index contributed by atoms with van der Waals surface area (Å²) < 4.78 is 11.2. The second kappa shape index (κ2) is 9.57. The van der Waals surface area contributed by atoms with E-state index in [-0.39, 0.29) is 10.5 Å². The fourth-order valence-electron chi connectivity index (χ4n) is 4.25. The van der Waals surface area contributed by atoms with Gasteiger partial charge in [0.2, 0.25) is 0 Å². The first-order valence-electron chi connectivity index (χ1n) is 10.9. The molecule has 0 aliphatic rings. The molecule has 0 saturated heterocycles. The Balaban J connectivity index is 1.76. The molecule has 0 radical (unpaired) electrons. The molecular formula is C28H24N2O2S2. The number of thiol groups is 2. The van der Waals surface area contributed by atoms with Crippen molar-refractivity contribution < 1.29 is 9.47 Å². The van der Waals surface area contributed by atoms with Gasteiger partial charge in [0.15, 0.2) is 0 Å². The van der Waals surface area contributed by atoms with Gasteiger partial charge in [0.05, 0.1) is 47.1 Å². The van der Waals surface area contributed by atoms with Crippen LogP contribution < -0.4 is 9.47 Å². The van der Waals surface area contributed by atoms with E-state index in [4.69, 9.17) is 44.7 Å². The first kappa shape index (κ1) is 22.6. The molecule has 5 rings (SSSR count). The SMILES string of the molecule is COc1ccccc1C(S)c1nc2cc3ccccc3cc2nc1C(S)c1ccccc1OC. The van der Waals surface area contributed by atoms with Gasteiger partial charge in [-0.2, -0.15) is 25.3 Å². The van der Waals surface area contributed by atoms with Gasteiger partial charge in [0.25, 0.3) is 0 Å². The molecule has 1 aromatic heterocycles. The van der Waals surface area contributed by atoms with Crippen molar-refractivity contribution in [2.24, 2.45) is 0 Å². The van der Waals surface area contributed by atoms with E-state index in [2.05, 4.69) is 24.3 Å². The van der Waals surface area contributed by atoms with Crippen LogP contribution in [0.5, 0.6) is 11.5 Å². The minimum atomic E-state index is -0.362. The normalized spacial score (nSPS) is 13.1. The number of hydrogen-bond donors (Lipinski definition) is 2. The highest BCUT2D eigenvalue weighted by molar-refractivity contribution is 7.81. The molecule has 0 fully saturated rings. The van der Waals surface area contributed by atoms with E-state index in [0.717, 1.165) is 55.8 Å². The van der Waals surface area contributed by atoms with Gasteiger partial charge in [-0.3, -0.25) is 0 Å². The summed E-state index contributed by atoms with van der Waals surface area (Å²) in [6.07, 6.45) is 0. The van der Waals surface area contributed by atoms with E-state index in [1.165, 1.54) is 0 Å². The Labute approximate surface area is 209 Å². The van der Waals surface area contributed by atoms with Crippen LogP contribution in [-0.4, -0.2) is 24.2 Å². The Morgan fingerprint density at radius 2 is 0.971 bits per heavy atom. The summed E-state index contributed by atoms with van der Waals surface area (Å²) in [4.78, 5) is 10.2. The van der Waals surface area contributed by atoms with Gasteiger partial charge >= 0.3 is 0 Å². The van der Waals surface area contributed by atoms with Crippen LogP contribution in [0.2, 0.25) is 0 Å². The van der Waals surface area contributed by atoms with Crippen LogP contribution in [0, 0.1) is 0 Å².